The molecule has 0 saturated carbocycles. The van der Waals surface area contributed by atoms with Crippen molar-refractivity contribution in [3.05, 3.63) is 76.0 Å². The van der Waals surface area contributed by atoms with Crippen LogP contribution in [0.2, 0.25) is 0 Å². The van der Waals surface area contributed by atoms with Crippen LogP contribution in [-0.2, 0) is 0 Å². The number of anilines is 3. The van der Waals surface area contributed by atoms with Gasteiger partial charge in [-0.3, -0.25) is 4.79 Å². The standard InChI is InChI=1S/C19H17BrN4O/c1-12-4-3-5-16(13(12)2)23-19-21-11-10-17(24-19)18(25)22-15-8-6-14(20)7-9-15/h3-11H,1-2H3,(H,22,25)(H,21,23,24). The Labute approximate surface area is 154 Å². The summed E-state index contributed by atoms with van der Waals surface area (Å²) in [7, 11) is 0. The highest BCUT2D eigenvalue weighted by Crippen LogP contribution is 2.21. The van der Waals surface area contributed by atoms with E-state index in [1.54, 1.807) is 12.3 Å². The molecule has 0 atom stereocenters. The molecule has 3 aromatic rings. The van der Waals surface area contributed by atoms with E-state index in [2.05, 4.69) is 36.5 Å². The number of amides is 1. The normalized spacial score (nSPS) is 10.4. The van der Waals surface area contributed by atoms with Gasteiger partial charge < -0.3 is 10.6 Å². The minimum atomic E-state index is -0.284. The van der Waals surface area contributed by atoms with Crippen LogP contribution >= 0.6 is 15.9 Å². The van der Waals surface area contributed by atoms with E-state index in [1.165, 1.54) is 5.56 Å². The number of carbonyl (C=O) groups is 1. The Morgan fingerprint density at radius 1 is 1.04 bits per heavy atom. The zero-order valence-electron chi connectivity index (χ0n) is 13.9. The fourth-order valence-electron chi connectivity index (χ4n) is 2.28. The van der Waals surface area contributed by atoms with Gasteiger partial charge in [0.1, 0.15) is 5.69 Å². The Morgan fingerprint density at radius 3 is 2.56 bits per heavy atom. The number of carbonyl (C=O) groups excluding carboxylic acids is 1. The van der Waals surface area contributed by atoms with Crippen LogP contribution in [0.15, 0.2) is 59.2 Å². The lowest BCUT2D eigenvalue weighted by Crippen LogP contribution is -2.14. The molecule has 0 fully saturated rings. The quantitative estimate of drug-likeness (QED) is 0.661. The number of nitrogens with zero attached hydrogens (tertiary/aromatic N) is 2. The van der Waals surface area contributed by atoms with Crippen molar-refractivity contribution in [2.45, 2.75) is 13.8 Å². The van der Waals surface area contributed by atoms with Gasteiger partial charge in [0.2, 0.25) is 5.95 Å². The average molecular weight is 397 g/mol. The zero-order chi connectivity index (χ0) is 17.8. The lowest BCUT2D eigenvalue weighted by molar-refractivity contribution is 0.102. The van der Waals surface area contributed by atoms with Crippen LogP contribution in [0.25, 0.3) is 0 Å². The number of aromatic nitrogens is 2. The monoisotopic (exact) mass is 396 g/mol. The van der Waals surface area contributed by atoms with Crippen LogP contribution < -0.4 is 10.6 Å². The van der Waals surface area contributed by atoms with Crippen LogP contribution in [0, 0.1) is 13.8 Å². The molecule has 6 heteroatoms. The van der Waals surface area contributed by atoms with Crippen LogP contribution in [0.3, 0.4) is 0 Å². The number of rotatable bonds is 4. The van der Waals surface area contributed by atoms with Gasteiger partial charge in [0.05, 0.1) is 0 Å². The number of halogens is 1. The molecule has 0 spiro atoms. The second kappa shape index (κ2) is 7.44. The number of nitrogens with one attached hydrogen (secondary N) is 2. The molecule has 2 aromatic carbocycles. The van der Waals surface area contributed by atoms with Crippen LogP contribution in [0.1, 0.15) is 21.6 Å². The Bertz CT molecular complexity index is 910. The number of hydrogen-bond acceptors (Lipinski definition) is 4. The lowest BCUT2D eigenvalue weighted by atomic mass is 10.1. The molecule has 0 radical (unpaired) electrons. The van der Waals surface area contributed by atoms with E-state index in [-0.39, 0.29) is 5.91 Å². The highest BCUT2D eigenvalue weighted by Gasteiger charge is 2.10. The van der Waals surface area contributed by atoms with Crippen molar-refractivity contribution in [3.63, 3.8) is 0 Å². The SMILES string of the molecule is Cc1cccc(Nc2nccc(C(=O)Nc3ccc(Br)cc3)n2)c1C. The molecule has 3 rings (SSSR count). The maximum Gasteiger partial charge on any atom is 0.274 e. The highest BCUT2D eigenvalue weighted by molar-refractivity contribution is 9.10. The van der Waals surface area contributed by atoms with Gasteiger partial charge in [-0.15, -0.1) is 0 Å². The third kappa shape index (κ3) is 4.22. The summed E-state index contributed by atoms with van der Waals surface area (Å²) in [4.78, 5) is 20.9. The number of aryl methyl sites for hydroxylation is 1. The van der Waals surface area contributed by atoms with Gasteiger partial charge in [0.15, 0.2) is 0 Å². The first-order chi connectivity index (χ1) is 12.0. The molecule has 126 valence electrons. The first kappa shape index (κ1) is 17.1. The summed E-state index contributed by atoms with van der Waals surface area (Å²) >= 11 is 3.37. The van der Waals surface area contributed by atoms with E-state index in [0.717, 1.165) is 15.7 Å². The molecule has 25 heavy (non-hydrogen) atoms. The molecule has 1 heterocycles. The smallest absolute Gasteiger partial charge is 0.274 e. The van der Waals surface area contributed by atoms with Crippen LogP contribution in [-0.4, -0.2) is 15.9 Å². The van der Waals surface area contributed by atoms with Gasteiger partial charge in [-0.05, 0) is 61.4 Å². The van der Waals surface area contributed by atoms with Crippen molar-refractivity contribution in [1.82, 2.24) is 9.97 Å². The Kier molecular flexibility index (Phi) is 5.09. The van der Waals surface area contributed by atoms with Crippen LogP contribution in [0.4, 0.5) is 17.3 Å². The Morgan fingerprint density at radius 2 is 1.80 bits per heavy atom. The maximum absolute atomic E-state index is 12.4. The summed E-state index contributed by atoms with van der Waals surface area (Å²) < 4.78 is 0.951. The molecule has 5 nitrogen and oxygen atoms in total. The molecule has 1 aromatic heterocycles. The van der Waals surface area contributed by atoms with Crippen molar-refractivity contribution in [1.29, 1.82) is 0 Å². The van der Waals surface area contributed by atoms with Gasteiger partial charge in [0, 0.05) is 22.0 Å². The summed E-state index contributed by atoms with van der Waals surface area (Å²) in [6, 6.07) is 14.9. The average Bonchev–Trinajstić information content (AvgIpc) is 2.61. The first-order valence-corrected chi connectivity index (χ1v) is 8.55. The summed E-state index contributed by atoms with van der Waals surface area (Å²) in [6.45, 7) is 4.07. The summed E-state index contributed by atoms with van der Waals surface area (Å²) in [5, 5.41) is 5.99. The molecule has 0 aliphatic carbocycles. The van der Waals surface area contributed by atoms with Crippen molar-refractivity contribution in [2.75, 3.05) is 10.6 Å². The number of benzene rings is 2. The van der Waals surface area contributed by atoms with E-state index < -0.39 is 0 Å². The van der Waals surface area contributed by atoms with E-state index in [1.807, 2.05) is 56.3 Å². The molecular weight excluding hydrogens is 380 g/mol. The zero-order valence-corrected chi connectivity index (χ0v) is 15.5. The molecule has 0 aliphatic heterocycles. The highest BCUT2D eigenvalue weighted by atomic mass is 79.9. The van der Waals surface area contributed by atoms with E-state index in [4.69, 9.17) is 0 Å². The molecule has 0 saturated heterocycles. The van der Waals surface area contributed by atoms with Crippen molar-refractivity contribution in [2.24, 2.45) is 0 Å². The van der Waals surface area contributed by atoms with Crippen molar-refractivity contribution >= 4 is 39.2 Å². The molecule has 1 amide bonds. The number of hydrogen-bond donors (Lipinski definition) is 2. The van der Waals surface area contributed by atoms with Crippen LogP contribution in [0.5, 0.6) is 0 Å². The lowest BCUT2D eigenvalue weighted by Gasteiger charge is -2.11. The van der Waals surface area contributed by atoms with Gasteiger partial charge in [0.25, 0.3) is 5.91 Å². The van der Waals surface area contributed by atoms with Crippen molar-refractivity contribution < 1.29 is 4.79 Å². The largest absolute Gasteiger partial charge is 0.324 e. The van der Waals surface area contributed by atoms with E-state index >= 15 is 0 Å². The predicted octanol–water partition coefficient (Wildman–Crippen LogP) is 4.85. The topological polar surface area (TPSA) is 66.9 Å². The van der Waals surface area contributed by atoms with Gasteiger partial charge in [-0.25, -0.2) is 9.97 Å². The third-order valence-corrected chi connectivity index (χ3v) is 4.37. The summed E-state index contributed by atoms with van der Waals surface area (Å²) in [6.07, 6.45) is 1.57. The predicted molar refractivity (Wildman–Crippen MR) is 103 cm³/mol. The van der Waals surface area contributed by atoms with Gasteiger partial charge >= 0.3 is 0 Å². The minimum absolute atomic E-state index is 0.284. The maximum atomic E-state index is 12.4. The molecule has 2 N–H and O–H groups in total. The second-order valence-corrected chi connectivity index (χ2v) is 6.51. The van der Waals surface area contributed by atoms with Crippen molar-refractivity contribution in [3.8, 4) is 0 Å². The first-order valence-electron chi connectivity index (χ1n) is 7.76. The second-order valence-electron chi connectivity index (χ2n) is 5.60. The van der Waals surface area contributed by atoms with Gasteiger partial charge in [-0.2, -0.15) is 0 Å². The van der Waals surface area contributed by atoms with E-state index in [0.29, 0.717) is 17.3 Å². The van der Waals surface area contributed by atoms with E-state index in [9.17, 15) is 4.79 Å². The fraction of sp³-hybridized carbons (Fsp3) is 0.105. The molecule has 0 aliphatic rings. The Hall–Kier alpha value is -2.73. The Balaban J connectivity index is 1.77. The minimum Gasteiger partial charge on any atom is -0.324 e. The molecular formula is C19H17BrN4O. The molecule has 0 unspecified atom stereocenters. The molecule has 0 bridgehead atoms. The fourth-order valence-corrected chi connectivity index (χ4v) is 2.55. The third-order valence-electron chi connectivity index (χ3n) is 3.84. The summed E-state index contributed by atoms with van der Waals surface area (Å²) in [5.74, 6) is 0.103. The van der Waals surface area contributed by atoms with Gasteiger partial charge in [-0.1, -0.05) is 28.1 Å². The summed E-state index contributed by atoms with van der Waals surface area (Å²) in [5.41, 5.74) is 4.22.